The SMILES string of the molecule is CNC(=O)NC(=O)COC(=O)c1cnc(C)cn1. The van der Waals surface area contributed by atoms with Crippen LogP contribution in [0.25, 0.3) is 0 Å². The highest BCUT2D eigenvalue weighted by molar-refractivity contribution is 5.96. The van der Waals surface area contributed by atoms with Crippen LogP contribution in [0.15, 0.2) is 12.4 Å². The van der Waals surface area contributed by atoms with E-state index in [9.17, 15) is 14.4 Å². The van der Waals surface area contributed by atoms with Crippen molar-refractivity contribution in [2.24, 2.45) is 0 Å². The number of aromatic nitrogens is 2. The van der Waals surface area contributed by atoms with E-state index in [2.05, 4.69) is 20.0 Å². The molecule has 0 fully saturated rings. The first-order chi connectivity index (χ1) is 8.52. The molecule has 1 aromatic heterocycles. The third-order valence-electron chi connectivity index (χ3n) is 1.80. The van der Waals surface area contributed by atoms with Crippen molar-refractivity contribution in [3.63, 3.8) is 0 Å². The van der Waals surface area contributed by atoms with Crippen molar-refractivity contribution in [3.8, 4) is 0 Å². The minimum absolute atomic E-state index is 0.00616. The van der Waals surface area contributed by atoms with Gasteiger partial charge in [0.25, 0.3) is 5.91 Å². The Balaban J connectivity index is 2.44. The van der Waals surface area contributed by atoms with Gasteiger partial charge in [0.15, 0.2) is 12.3 Å². The number of esters is 1. The molecular weight excluding hydrogens is 240 g/mol. The summed E-state index contributed by atoms with van der Waals surface area (Å²) >= 11 is 0. The van der Waals surface area contributed by atoms with E-state index in [4.69, 9.17) is 0 Å². The molecular formula is C10H12N4O4. The van der Waals surface area contributed by atoms with Crippen molar-refractivity contribution in [1.29, 1.82) is 0 Å². The Kier molecular flexibility index (Phi) is 4.73. The van der Waals surface area contributed by atoms with Gasteiger partial charge < -0.3 is 10.1 Å². The average Bonchev–Trinajstić information content (AvgIpc) is 2.36. The summed E-state index contributed by atoms with van der Waals surface area (Å²) < 4.78 is 4.64. The van der Waals surface area contributed by atoms with Gasteiger partial charge >= 0.3 is 12.0 Å². The molecule has 0 aliphatic carbocycles. The monoisotopic (exact) mass is 252 g/mol. The van der Waals surface area contributed by atoms with Gasteiger partial charge in [-0.05, 0) is 6.92 Å². The van der Waals surface area contributed by atoms with Crippen LogP contribution in [0.2, 0.25) is 0 Å². The maximum Gasteiger partial charge on any atom is 0.359 e. The average molecular weight is 252 g/mol. The van der Waals surface area contributed by atoms with Crippen molar-refractivity contribution >= 4 is 17.9 Å². The first-order valence-corrected chi connectivity index (χ1v) is 5.00. The second-order valence-electron chi connectivity index (χ2n) is 3.25. The third-order valence-corrected chi connectivity index (χ3v) is 1.80. The number of ether oxygens (including phenoxy) is 1. The molecule has 0 radical (unpaired) electrons. The summed E-state index contributed by atoms with van der Waals surface area (Å²) in [6, 6.07) is -0.675. The van der Waals surface area contributed by atoms with Crippen LogP contribution in [0, 0.1) is 6.92 Å². The van der Waals surface area contributed by atoms with E-state index in [0.717, 1.165) is 0 Å². The molecule has 8 heteroatoms. The van der Waals surface area contributed by atoms with Crippen LogP contribution in [0.1, 0.15) is 16.2 Å². The topological polar surface area (TPSA) is 110 Å². The van der Waals surface area contributed by atoms with Crippen LogP contribution in [0.5, 0.6) is 0 Å². The molecule has 0 aromatic carbocycles. The van der Waals surface area contributed by atoms with Gasteiger partial charge in [-0.25, -0.2) is 14.6 Å². The van der Waals surface area contributed by atoms with Crippen LogP contribution in [0.3, 0.4) is 0 Å². The van der Waals surface area contributed by atoms with Crippen LogP contribution in [-0.4, -0.2) is 41.5 Å². The maximum atomic E-state index is 11.4. The second-order valence-corrected chi connectivity index (χ2v) is 3.25. The van der Waals surface area contributed by atoms with Gasteiger partial charge in [0, 0.05) is 13.2 Å². The van der Waals surface area contributed by atoms with Gasteiger partial charge in [-0.15, -0.1) is 0 Å². The molecule has 3 amide bonds. The molecule has 0 saturated carbocycles. The van der Waals surface area contributed by atoms with Gasteiger partial charge in [-0.1, -0.05) is 0 Å². The molecule has 96 valence electrons. The number of aryl methyl sites for hydroxylation is 1. The summed E-state index contributed by atoms with van der Waals surface area (Å²) in [7, 11) is 1.36. The number of rotatable bonds is 3. The minimum Gasteiger partial charge on any atom is -0.451 e. The molecule has 0 bridgehead atoms. The summed E-state index contributed by atoms with van der Waals surface area (Å²) in [4.78, 5) is 40.9. The van der Waals surface area contributed by atoms with Crippen molar-refractivity contribution in [3.05, 3.63) is 23.8 Å². The number of nitrogens with zero attached hydrogens (tertiary/aromatic N) is 2. The highest BCUT2D eigenvalue weighted by Gasteiger charge is 2.12. The van der Waals surface area contributed by atoms with Gasteiger partial charge in [0.05, 0.1) is 11.9 Å². The zero-order valence-electron chi connectivity index (χ0n) is 9.89. The first-order valence-electron chi connectivity index (χ1n) is 5.00. The number of amides is 3. The third kappa shape index (κ3) is 4.16. The molecule has 0 saturated heterocycles. The Hall–Kier alpha value is -2.51. The predicted octanol–water partition coefficient (Wildman–Crippen LogP) is -0.603. The minimum atomic E-state index is -0.783. The fourth-order valence-electron chi connectivity index (χ4n) is 0.928. The van der Waals surface area contributed by atoms with Gasteiger partial charge in [0.1, 0.15) is 0 Å². The predicted molar refractivity (Wildman–Crippen MR) is 59.6 cm³/mol. The fourth-order valence-corrected chi connectivity index (χ4v) is 0.928. The summed E-state index contributed by atoms with van der Waals surface area (Å²) in [5, 5.41) is 4.13. The van der Waals surface area contributed by atoms with Crippen molar-refractivity contribution in [2.45, 2.75) is 6.92 Å². The van der Waals surface area contributed by atoms with E-state index in [-0.39, 0.29) is 5.69 Å². The Bertz CT molecular complexity index is 457. The lowest BCUT2D eigenvalue weighted by atomic mass is 10.4. The number of hydrogen-bond donors (Lipinski definition) is 2. The van der Waals surface area contributed by atoms with Crippen LogP contribution >= 0.6 is 0 Å². The largest absolute Gasteiger partial charge is 0.451 e. The van der Waals surface area contributed by atoms with Crippen LogP contribution < -0.4 is 10.6 Å². The molecule has 1 aromatic rings. The number of imide groups is 1. The first kappa shape index (κ1) is 13.6. The summed E-state index contributed by atoms with van der Waals surface area (Å²) in [6.07, 6.45) is 2.65. The fraction of sp³-hybridized carbons (Fsp3) is 0.300. The van der Waals surface area contributed by atoms with E-state index in [1.54, 1.807) is 6.92 Å². The molecule has 0 unspecified atom stereocenters. The Morgan fingerprint density at radius 3 is 2.56 bits per heavy atom. The Morgan fingerprint density at radius 2 is 2.00 bits per heavy atom. The van der Waals surface area contributed by atoms with E-state index in [1.807, 2.05) is 5.32 Å². The molecule has 0 spiro atoms. The zero-order valence-corrected chi connectivity index (χ0v) is 9.89. The molecule has 8 nitrogen and oxygen atoms in total. The molecule has 1 heterocycles. The number of nitrogens with one attached hydrogen (secondary N) is 2. The normalized spacial score (nSPS) is 9.44. The number of hydrogen-bond acceptors (Lipinski definition) is 6. The lowest BCUT2D eigenvalue weighted by molar-refractivity contribution is -0.123. The standard InChI is InChI=1S/C10H12N4O4/c1-6-3-13-7(4-12-6)9(16)18-5-8(15)14-10(17)11-2/h3-4H,5H2,1-2H3,(H2,11,14,15,17). The quantitative estimate of drug-likeness (QED) is 0.695. The van der Waals surface area contributed by atoms with E-state index in [1.165, 1.54) is 19.4 Å². The molecule has 0 aliphatic heterocycles. The Morgan fingerprint density at radius 1 is 1.28 bits per heavy atom. The Labute approximate surface area is 103 Å². The summed E-state index contributed by atoms with van der Waals surface area (Å²) in [5.41, 5.74) is 0.650. The van der Waals surface area contributed by atoms with Crippen LogP contribution in [-0.2, 0) is 9.53 Å². The highest BCUT2D eigenvalue weighted by Crippen LogP contribution is 1.96. The zero-order chi connectivity index (χ0) is 13.5. The summed E-state index contributed by atoms with van der Waals surface area (Å²) in [6.45, 7) is 1.15. The highest BCUT2D eigenvalue weighted by atomic mass is 16.5. The van der Waals surface area contributed by atoms with E-state index >= 15 is 0 Å². The van der Waals surface area contributed by atoms with Crippen LogP contribution in [0.4, 0.5) is 4.79 Å². The number of carbonyl (C=O) groups excluding carboxylic acids is 3. The molecule has 1 rings (SSSR count). The lowest BCUT2D eigenvalue weighted by Gasteiger charge is -2.04. The number of carbonyl (C=O) groups is 3. The van der Waals surface area contributed by atoms with E-state index in [0.29, 0.717) is 5.69 Å². The number of urea groups is 1. The maximum absolute atomic E-state index is 11.4. The van der Waals surface area contributed by atoms with Gasteiger partial charge in [-0.2, -0.15) is 0 Å². The molecule has 2 N–H and O–H groups in total. The van der Waals surface area contributed by atoms with Crippen molar-refractivity contribution in [2.75, 3.05) is 13.7 Å². The van der Waals surface area contributed by atoms with Crippen molar-refractivity contribution in [1.82, 2.24) is 20.6 Å². The lowest BCUT2D eigenvalue weighted by Crippen LogP contribution is -2.39. The van der Waals surface area contributed by atoms with Gasteiger partial charge in [0.2, 0.25) is 0 Å². The molecule has 0 atom stereocenters. The van der Waals surface area contributed by atoms with Crippen molar-refractivity contribution < 1.29 is 19.1 Å². The smallest absolute Gasteiger partial charge is 0.359 e. The molecule has 0 aliphatic rings. The van der Waals surface area contributed by atoms with Gasteiger partial charge in [-0.3, -0.25) is 15.1 Å². The molecule has 18 heavy (non-hydrogen) atoms. The second kappa shape index (κ2) is 6.28. The van der Waals surface area contributed by atoms with E-state index < -0.39 is 24.5 Å². The summed E-state index contributed by atoms with van der Waals surface area (Å²) in [5.74, 6) is -1.52.